The molecule has 2 aromatic heterocycles. The summed E-state index contributed by atoms with van der Waals surface area (Å²) in [7, 11) is 0. The second-order valence-electron chi connectivity index (χ2n) is 5.06. The SMILES string of the molecule is Oc1cc([C@H]2CC[C@@H](Cn3ccnc3)CC2)on1. The van der Waals surface area contributed by atoms with Gasteiger partial charge in [-0.2, -0.15) is 0 Å². The van der Waals surface area contributed by atoms with Gasteiger partial charge in [0.25, 0.3) is 5.88 Å². The summed E-state index contributed by atoms with van der Waals surface area (Å²) in [6.45, 7) is 1.05. The van der Waals surface area contributed by atoms with Gasteiger partial charge in [-0.05, 0) is 36.8 Å². The molecular formula is C13H17N3O2. The van der Waals surface area contributed by atoms with Gasteiger partial charge < -0.3 is 14.2 Å². The number of rotatable bonds is 3. The predicted molar refractivity (Wildman–Crippen MR) is 65.1 cm³/mol. The molecule has 0 radical (unpaired) electrons. The summed E-state index contributed by atoms with van der Waals surface area (Å²) in [5.74, 6) is 1.95. The predicted octanol–water partition coefficient (Wildman–Crippen LogP) is 2.55. The van der Waals surface area contributed by atoms with Crippen molar-refractivity contribution in [2.75, 3.05) is 0 Å². The molecule has 2 aromatic rings. The lowest BCUT2D eigenvalue weighted by molar-refractivity contribution is 0.255. The van der Waals surface area contributed by atoms with Gasteiger partial charge in [0.05, 0.1) is 6.33 Å². The molecular weight excluding hydrogens is 230 g/mol. The van der Waals surface area contributed by atoms with E-state index in [0.717, 1.165) is 25.1 Å². The highest BCUT2D eigenvalue weighted by molar-refractivity contribution is 5.13. The van der Waals surface area contributed by atoms with E-state index < -0.39 is 0 Å². The van der Waals surface area contributed by atoms with Crippen LogP contribution in [-0.2, 0) is 6.54 Å². The smallest absolute Gasteiger partial charge is 0.251 e. The number of aromatic nitrogens is 3. The largest absolute Gasteiger partial charge is 0.491 e. The Labute approximate surface area is 105 Å². The molecule has 5 heteroatoms. The van der Waals surface area contributed by atoms with Gasteiger partial charge >= 0.3 is 0 Å². The lowest BCUT2D eigenvalue weighted by Gasteiger charge is -2.27. The molecule has 18 heavy (non-hydrogen) atoms. The Bertz CT molecular complexity index is 484. The van der Waals surface area contributed by atoms with Crippen LogP contribution in [0.5, 0.6) is 5.88 Å². The molecule has 0 unspecified atom stereocenters. The van der Waals surface area contributed by atoms with Gasteiger partial charge in [-0.1, -0.05) is 0 Å². The van der Waals surface area contributed by atoms with Crippen LogP contribution in [0.4, 0.5) is 0 Å². The Hall–Kier alpha value is -1.78. The number of imidazole rings is 1. The molecule has 96 valence electrons. The van der Waals surface area contributed by atoms with Gasteiger partial charge in [0.2, 0.25) is 0 Å². The molecule has 1 N–H and O–H groups in total. The van der Waals surface area contributed by atoms with Gasteiger partial charge in [-0.25, -0.2) is 4.98 Å². The quantitative estimate of drug-likeness (QED) is 0.905. The van der Waals surface area contributed by atoms with Gasteiger partial charge in [-0.15, -0.1) is 0 Å². The molecule has 1 saturated carbocycles. The lowest BCUT2D eigenvalue weighted by Crippen LogP contribution is -2.17. The second kappa shape index (κ2) is 4.84. The fourth-order valence-corrected chi connectivity index (χ4v) is 2.79. The standard InChI is InChI=1S/C13H17N3O2/c17-13-7-12(18-15-13)11-3-1-10(2-4-11)8-16-6-5-14-9-16/h5-7,9-11H,1-4,8H2,(H,15,17)/t10-,11+. The highest BCUT2D eigenvalue weighted by Crippen LogP contribution is 2.37. The molecule has 0 aromatic carbocycles. The number of hydrogen-bond acceptors (Lipinski definition) is 4. The van der Waals surface area contributed by atoms with Crippen LogP contribution in [0, 0.1) is 5.92 Å². The Balaban J connectivity index is 1.55. The van der Waals surface area contributed by atoms with E-state index in [1.807, 2.05) is 18.7 Å². The Morgan fingerprint density at radius 3 is 2.78 bits per heavy atom. The molecule has 0 atom stereocenters. The highest BCUT2D eigenvalue weighted by Gasteiger charge is 2.25. The van der Waals surface area contributed by atoms with Crippen molar-refractivity contribution in [1.29, 1.82) is 0 Å². The van der Waals surface area contributed by atoms with E-state index in [0.29, 0.717) is 11.8 Å². The van der Waals surface area contributed by atoms with Crippen LogP contribution in [-0.4, -0.2) is 19.8 Å². The minimum Gasteiger partial charge on any atom is -0.491 e. The minimum atomic E-state index is -0.00876. The fourth-order valence-electron chi connectivity index (χ4n) is 2.79. The summed E-state index contributed by atoms with van der Waals surface area (Å²) in [5.41, 5.74) is 0. The minimum absolute atomic E-state index is 0.00876. The van der Waals surface area contributed by atoms with E-state index in [2.05, 4.69) is 14.7 Å². The lowest BCUT2D eigenvalue weighted by atomic mass is 9.81. The Morgan fingerprint density at radius 1 is 1.33 bits per heavy atom. The van der Waals surface area contributed by atoms with Crippen LogP contribution in [0.1, 0.15) is 37.4 Å². The third kappa shape index (κ3) is 2.39. The second-order valence-corrected chi connectivity index (χ2v) is 5.06. The van der Waals surface area contributed by atoms with Crippen LogP contribution in [0.15, 0.2) is 29.3 Å². The summed E-state index contributed by atoms with van der Waals surface area (Å²) >= 11 is 0. The van der Waals surface area contributed by atoms with E-state index in [4.69, 9.17) is 4.52 Å². The van der Waals surface area contributed by atoms with E-state index in [1.165, 1.54) is 12.8 Å². The molecule has 3 rings (SSSR count). The van der Waals surface area contributed by atoms with Crippen LogP contribution >= 0.6 is 0 Å². The number of nitrogens with zero attached hydrogens (tertiary/aromatic N) is 3. The van der Waals surface area contributed by atoms with Crippen molar-refractivity contribution in [1.82, 2.24) is 14.7 Å². The maximum absolute atomic E-state index is 9.19. The van der Waals surface area contributed by atoms with Crippen molar-refractivity contribution in [3.8, 4) is 5.88 Å². The summed E-state index contributed by atoms with van der Waals surface area (Å²) in [5, 5.41) is 12.7. The molecule has 1 aliphatic carbocycles. The van der Waals surface area contributed by atoms with Crippen molar-refractivity contribution in [3.63, 3.8) is 0 Å². The van der Waals surface area contributed by atoms with Crippen molar-refractivity contribution >= 4 is 0 Å². The van der Waals surface area contributed by atoms with Gasteiger partial charge in [0.15, 0.2) is 0 Å². The van der Waals surface area contributed by atoms with Crippen LogP contribution in [0.25, 0.3) is 0 Å². The molecule has 5 nitrogen and oxygen atoms in total. The zero-order valence-corrected chi connectivity index (χ0v) is 10.2. The zero-order chi connectivity index (χ0) is 12.4. The summed E-state index contributed by atoms with van der Waals surface area (Å²) < 4.78 is 7.27. The van der Waals surface area contributed by atoms with Gasteiger partial charge in [-0.3, -0.25) is 0 Å². The van der Waals surface area contributed by atoms with E-state index >= 15 is 0 Å². The first kappa shape index (κ1) is 11.3. The Kier molecular flexibility index (Phi) is 3.04. The van der Waals surface area contributed by atoms with Crippen molar-refractivity contribution in [3.05, 3.63) is 30.5 Å². The van der Waals surface area contributed by atoms with Crippen molar-refractivity contribution in [2.24, 2.45) is 5.92 Å². The average molecular weight is 247 g/mol. The first-order valence-corrected chi connectivity index (χ1v) is 6.42. The topological polar surface area (TPSA) is 64.1 Å². The number of aromatic hydroxyl groups is 1. The maximum Gasteiger partial charge on any atom is 0.251 e. The molecule has 0 aliphatic heterocycles. The van der Waals surface area contributed by atoms with Crippen LogP contribution in [0.2, 0.25) is 0 Å². The van der Waals surface area contributed by atoms with Crippen LogP contribution in [0.3, 0.4) is 0 Å². The first-order valence-electron chi connectivity index (χ1n) is 6.42. The molecule has 2 heterocycles. The fraction of sp³-hybridized carbons (Fsp3) is 0.538. The summed E-state index contributed by atoms with van der Waals surface area (Å²) in [6.07, 6.45) is 10.3. The monoisotopic (exact) mass is 247 g/mol. The molecule has 0 bridgehead atoms. The third-order valence-electron chi connectivity index (χ3n) is 3.79. The molecule has 1 aliphatic rings. The normalized spacial score (nSPS) is 24.2. The first-order chi connectivity index (χ1) is 8.81. The van der Waals surface area contributed by atoms with E-state index in [1.54, 1.807) is 6.07 Å². The Morgan fingerprint density at radius 2 is 2.17 bits per heavy atom. The van der Waals surface area contributed by atoms with Gasteiger partial charge in [0.1, 0.15) is 5.76 Å². The van der Waals surface area contributed by atoms with Crippen molar-refractivity contribution < 1.29 is 9.63 Å². The molecule has 0 saturated heterocycles. The van der Waals surface area contributed by atoms with Crippen LogP contribution < -0.4 is 0 Å². The highest BCUT2D eigenvalue weighted by atomic mass is 16.5. The zero-order valence-electron chi connectivity index (χ0n) is 10.2. The van der Waals surface area contributed by atoms with Crippen molar-refractivity contribution in [2.45, 2.75) is 38.1 Å². The molecule has 0 amide bonds. The average Bonchev–Trinajstić information content (AvgIpc) is 3.02. The van der Waals surface area contributed by atoms with E-state index in [9.17, 15) is 5.11 Å². The summed E-state index contributed by atoms with van der Waals surface area (Å²) in [6, 6.07) is 1.64. The third-order valence-corrected chi connectivity index (χ3v) is 3.79. The molecule has 0 spiro atoms. The van der Waals surface area contributed by atoms with Gasteiger partial charge in [0, 0.05) is 30.9 Å². The number of hydrogen-bond donors (Lipinski definition) is 1. The molecule has 1 fully saturated rings. The maximum atomic E-state index is 9.19. The summed E-state index contributed by atoms with van der Waals surface area (Å²) in [4.78, 5) is 4.06. The van der Waals surface area contributed by atoms with E-state index in [-0.39, 0.29) is 5.88 Å².